The maximum absolute atomic E-state index is 5.75. The Balaban J connectivity index is 4.06. The van der Waals surface area contributed by atoms with E-state index < -0.39 is 5.79 Å². The molecular formula is C8H16Cl2O2. The van der Waals surface area contributed by atoms with Gasteiger partial charge in [-0.2, -0.15) is 0 Å². The summed E-state index contributed by atoms with van der Waals surface area (Å²) < 4.78 is 10.8. The van der Waals surface area contributed by atoms with Crippen molar-refractivity contribution in [3.8, 4) is 0 Å². The number of hydrogen-bond donors (Lipinski definition) is 0. The summed E-state index contributed by atoms with van der Waals surface area (Å²) >= 11 is 11.4. The quantitative estimate of drug-likeness (QED) is 0.480. The zero-order valence-electron chi connectivity index (χ0n) is 7.61. The van der Waals surface area contributed by atoms with Crippen molar-refractivity contribution in [3.63, 3.8) is 0 Å². The average molecular weight is 215 g/mol. The molecular weight excluding hydrogens is 199 g/mol. The van der Waals surface area contributed by atoms with E-state index in [1.165, 1.54) is 0 Å². The first-order valence-corrected chi connectivity index (χ1v) is 5.21. The molecule has 0 saturated heterocycles. The maximum atomic E-state index is 5.75. The van der Waals surface area contributed by atoms with Crippen LogP contribution in [0.25, 0.3) is 0 Å². The summed E-state index contributed by atoms with van der Waals surface area (Å²) in [5, 5.41) is 0. The second-order valence-corrected chi connectivity index (χ2v) is 2.99. The topological polar surface area (TPSA) is 18.5 Å². The minimum absolute atomic E-state index is 0.321. The molecule has 0 saturated carbocycles. The molecule has 0 spiro atoms. The normalized spacial score (nSPS) is 12.0. The molecule has 0 amide bonds. The third kappa shape index (κ3) is 3.94. The summed E-state index contributed by atoms with van der Waals surface area (Å²) in [5.74, 6) is 0.140. The van der Waals surface area contributed by atoms with Gasteiger partial charge in [-0.25, -0.2) is 0 Å². The van der Waals surface area contributed by atoms with Gasteiger partial charge in [0, 0.05) is 25.5 Å². The van der Waals surface area contributed by atoms with E-state index in [4.69, 9.17) is 32.7 Å². The predicted molar refractivity (Wildman–Crippen MR) is 52.0 cm³/mol. The Hall–Kier alpha value is 0.500. The number of halogens is 2. The highest BCUT2D eigenvalue weighted by Gasteiger charge is 2.29. The van der Waals surface area contributed by atoms with Crippen LogP contribution >= 0.6 is 23.2 Å². The van der Waals surface area contributed by atoms with Gasteiger partial charge in [0.1, 0.15) is 0 Å². The lowest BCUT2D eigenvalue weighted by molar-refractivity contribution is -0.218. The molecule has 0 fully saturated rings. The van der Waals surface area contributed by atoms with Crippen molar-refractivity contribution in [2.75, 3.05) is 25.0 Å². The Kier molecular flexibility index (Phi) is 7.25. The van der Waals surface area contributed by atoms with Gasteiger partial charge < -0.3 is 9.47 Å². The first-order chi connectivity index (χ1) is 5.74. The van der Waals surface area contributed by atoms with Crippen LogP contribution in [0, 0.1) is 0 Å². The van der Waals surface area contributed by atoms with Crippen LogP contribution in [-0.4, -0.2) is 30.8 Å². The van der Waals surface area contributed by atoms with Crippen LogP contribution in [0.4, 0.5) is 0 Å². The molecule has 74 valence electrons. The van der Waals surface area contributed by atoms with E-state index in [1.54, 1.807) is 0 Å². The molecule has 0 bridgehead atoms. The summed E-state index contributed by atoms with van der Waals surface area (Å²) in [4.78, 5) is 0. The van der Waals surface area contributed by atoms with Crippen LogP contribution in [-0.2, 0) is 9.47 Å². The molecule has 0 aromatic heterocycles. The smallest absolute Gasteiger partial charge is 0.182 e. The standard InChI is InChI=1S/C8H16Cl2O2/c1-3-11-8(7-10,5-6-9)12-4-2/h3-7H2,1-2H3. The van der Waals surface area contributed by atoms with Crippen molar-refractivity contribution in [2.24, 2.45) is 0 Å². The molecule has 0 rings (SSSR count). The van der Waals surface area contributed by atoms with Crippen LogP contribution in [0.15, 0.2) is 0 Å². The lowest BCUT2D eigenvalue weighted by atomic mass is 10.2. The Morgan fingerprint density at radius 3 is 1.83 bits per heavy atom. The van der Waals surface area contributed by atoms with E-state index >= 15 is 0 Å². The lowest BCUT2D eigenvalue weighted by Crippen LogP contribution is -2.38. The molecule has 0 aliphatic heterocycles. The number of rotatable bonds is 7. The Bertz CT molecular complexity index is 92.2. The summed E-state index contributed by atoms with van der Waals surface area (Å²) in [6, 6.07) is 0. The van der Waals surface area contributed by atoms with Crippen molar-refractivity contribution >= 4 is 23.2 Å². The van der Waals surface area contributed by atoms with Gasteiger partial charge in [0.2, 0.25) is 0 Å². The van der Waals surface area contributed by atoms with Gasteiger partial charge >= 0.3 is 0 Å². The molecule has 0 aliphatic carbocycles. The first kappa shape index (κ1) is 12.5. The molecule has 4 heteroatoms. The molecule has 0 atom stereocenters. The summed E-state index contributed by atoms with van der Waals surface area (Å²) in [6.45, 7) is 5.00. The summed E-state index contributed by atoms with van der Waals surface area (Å²) in [6.07, 6.45) is 0.625. The molecule has 12 heavy (non-hydrogen) atoms. The highest BCUT2D eigenvalue weighted by atomic mass is 35.5. The van der Waals surface area contributed by atoms with Crippen LogP contribution in [0.3, 0.4) is 0 Å². The van der Waals surface area contributed by atoms with Crippen molar-refractivity contribution in [1.82, 2.24) is 0 Å². The predicted octanol–water partition coefficient (Wildman–Crippen LogP) is 2.62. The third-order valence-corrected chi connectivity index (χ3v) is 2.09. The fourth-order valence-electron chi connectivity index (χ4n) is 1.00. The van der Waals surface area contributed by atoms with Crippen LogP contribution < -0.4 is 0 Å². The van der Waals surface area contributed by atoms with E-state index in [9.17, 15) is 0 Å². The van der Waals surface area contributed by atoms with Gasteiger partial charge in [-0.3, -0.25) is 0 Å². The zero-order valence-corrected chi connectivity index (χ0v) is 9.12. The minimum atomic E-state index is -0.674. The van der Waals surface area contributed by atoms with Crippen LogP contribution in [0.5, 0.6) is 0 Å². The fourth-order valence-corrected chi connectivity index (χ4v) is 1.58. The highest BCUT2D eigenvalue weighted by molar-refractivity contribution is 6.19. The van der Waals surface area contributed by atoms with E-state index in [0.29, 0.717) is 31.4 Å². The lowest BCUT2D eigenvalue weighted by Gasteiger charge is -2.30. The first-order valence-electron chi connectivity index (χ1n) is 4.14. The van der Waals surface area contributed by atoms with Crippen molar-refractivity contribution < 1.29 is 9.47 Å². The second-order valence-electron chi connectivity index (χ2n) is 2.35. The van der Waals surface area contributed by atoms with Crippen molar-refractivity contribution in [3.05, 3.63) is 0 Å². The SMILES string of the molecule is CCOC(CCl)(CCCl)OCC. The Morgan fingerprint density at radius 1 is 1.08 bits per heavy atom. The Labute approximate surface area is 84.1 Å². The van der Waals surface area contributed by atoms with Gasteiger partial charge in [-0.15, -0.1) is 23.2 Å². The molecule has 0 aromatic rings. The zero-order chi connectivity index (χ0) is 9.45. The molecule has 0 aromatic carbocycles. The van der Waals surface area contributed by atoms with E-state index in [2.05, 4.69) is 0 Å². The number of hydrogen-bond acceptors (Lipinski definition) is 2. The van der Waals surface area contributed by atoms with Gasteiger partial charge in [-0.05, 0) is 13.8 Å². The summed E-state index contributed by atoms with van der Waals surface area (Å²) in [7, 11) is 0. The monoisotopic (exact) mass is 214 g/mol. The molecule has 0 radical (unpaired) electrons. The average Bonchev–Trinajstić information content (AvgIpc) is 2.06. The van der Waals surface area contributed by atoms with Crippen molar-refractivity contribution in [2.45, 2.75) is 26.1 Å². The number of alkyl halides is 2. The minimum Gasteiger partial charge on any atom is -0.349 e. The molecule has 0 N–H and O–H groups in total. The molecule has 0 unspecified atom stereocenters. The van der Waals surface area contributed by atoms with E-state index in [1.807, 2.05) is 13.8 Å². The Morgan fingerprint density at radius 2 is 1.58 bits per heavy atom. The van der Waals surface area contributed by atoms with Gasteiger partial charge in [0.25, 0.3) is 0 Å². The van der Waals surface area contributed by atoms with E-state index in [-0.39, 0.29) is 0 Å². The highest BCUT2D eigenvalue weighted by Crippen LogP contribution is 2.20. The van der Waals surface area contributed by atoms with Gasteiger partial charge in [-0.1, -0.05) is 0 Å². The fraction of sp³-hybridized carbons (Fsp3) is 1.00. The van der Waals surface area contributed by atoms with E-state index in [0.717, 1.165) is 0 Å². The maximum Gasteiger partial charge on any atom is 0.182 e. The molecule has 0 heterocycles. The van der Waals surface area contributed by atoms with Gasteiger partial charge in [0.15, 0.2) is 5.79 Å². The largest absolute Gasteiger partial charge is 0.349 e. The molecule has 2 nitrogen and oxygen atoms in total. The van der Waals surface area contributed by atoms with Crippen molar-refractivity contribution in [1.29, 1.82) is 0 Å². The van der Waals surface area contributed by atoms with Crippen LogP contribution in [0.2, 0.25) is 0 Å². The second kappa shape index (κ2) is 6.96. The summed E-state index contributed by atoms with van der Waals surface area (Å²) in [5.41, 5.74) is 0. The molecule has 0 aliphatic rings. The third-order valence-electron chi connectivity index (χ3n) is 1.49. The number of ether oxygens (including phenoxy) is 2. The van der Waals surface area contributed by atoms with Gasteiger partial charge in [0.05, 0.1) is 5.88 Å². The van der Waals surface area contributed by atoms with Crippen LogP contribution in [0.1, 0.15) is 20.3 Å².